The second-order valence-corrected chi connectivity index (χ2v) is 5.87. The fourth-order valence-corrected chi connectivity index (χ4v) is 1.72. The van der Waals surface area contributed by atoms with Crippen molar-refractivity contribution < 1.29 is 9.53 Å². The molecule has 2 aromatic rings. The summed E-state index contributed by atoms with van der Waals surface area (Å²) in [6.07, 6.45) is -0.554. The van der Waals surface area contributed by atoms with E-state index >= 15 is 0 Å². The number of aromatic nitrogens is 2. The molecule has 0 radical (unpaired) electrons. The van der Waals surface area contributed by atoms with Crippen molar-refractivity contribution in [3.05, 3.63) is 42.0 Å². The van der Waals surface area contributed by atoms with E-state index in [1.165, 1.54) is 0 Å². The van der Waals surface area contributed by atoms with Crippen molar-refractivity contribution in [3.8, 4) is 0 Å². The van der Waals surface area contributed by atoms with Crippen LogP contribution in [0, 0.1) is 6.92 Å². The summed E-state index contributed by atoms with van der Waals surface area (Å²) in [6.45, 7) is 7.41. The normalized spacial score (nSPS) is 10.9. The number of para-hydroxylation sites is 1. The van der Waals surface area contributed by atoms with Crippen molar-refractivity contribution in [1.29, 1.82) is 0 Å². The molecule has 1 heterocycles. The fraction of sp³-hybridized carbons (Fsp3) is 0.312. The molecule has 2 N–H and O–H groups in total. The number of aryl methyl sites for hydroxylation is 1. The first kappa shape index (κ1) is 15.8. The average molecular weight is 300 g/mol. The van der Waals surface area contributed by atoms with E-state index in [2.05, 4.69) is 20.8 Å². The molecule has 0 aliphatic heterocycles. The highest BCUT2D eigenvalue weighted by molar-refractivity contribution is 5.83. The molecule has 0 saturated carbocycles. The molecule has 0 atom stereocenters. The Kier molecular flexibility index (Phi) is 4.60. The highest BCUT2D eigenvalue weighted by Crippen LogP contribution is 2.18. The molecule has 0 bridgehead atoms. The van der Waals surface area contributed by atoms with E-state index in [1.54, 1.807) is 32.9 Å². The van der Waals surface area contributed by atoms with Gasteiger partial charge in [0.2, 0.25) is 0 Å². The van der Waals surface area contributed by atoms with Crippen LogP contribution in [-0.4, -0.2) is 21.9 Å². The zero-order valence-electron chi connectivity index (χ0n) is 13.2. The summed E-state index contributed by atoms with van der Waals surface area (Å²) in [4.78, 5) is 11.6. The summed E-state index contributed by atoms with van der Waals surface area (Å²) < 4.78 is 5.15. The van der Waals surface area contributed by atoms with Gasteiger partial charge >= 0.3 is 6.09 Å². The Hall–Kier alpha value is -2.63. The Morgan fingerprint density at radius 2 is 1.68 bits per heavy atom. The molecule has 0 aliphatic rings. The number of carbonyl (C=O) groups excluding carboxylic acids is 1. The van der Waals surface area contributed by atoms with Gasteiger partial charge in [-0.1, -0.05) is 18.2 Å². The second-order valence-electron chi connectivity index (χ2n) is 5.87. The lowest BCUT2D eigenvalue weighted by atomic mass is 10.2. The summed E-state index contributed by atoms with van der Waals surface area (Å²) in [7, 11) is 0. The molecule has 0 spiro atoms. The van der Waals surface area contributed by atoms with Gasteiger partial charge in [-0.3, -0.25) is 5.32 Å². The molecule has 0 fully saturated rings. The molecular formula is C16H20N4O2. The molecular weight excluding hydrogens is 280 g/mol. The van der Waals surface area contributed by atoms with Crippen LogP contribution in [0.2, 0.25) is 0 Å². The number of hydrogen-bond acceptors (Lipinski definition) is 5. The third-order valence-electron chi connectivity index (χ3n) is 2.70. The van der Waals surface area contributed by atoms with Gasteiger partial charge in [-0.2, -0.15) is 0 Å². The largest absolute Gasteiger partial charge is 0.444 e. The average Bonchev–Trinajstić information content (AvgIpc) is 2.41. The number of nitrogens with zero attached hydrogens (tertiary/aromatic N) is 2. The molecule has 6 nitrogen and oxygen atoms in total. The monoisotopic (exact) mass is 300 g/mol. The lowest BCUT2D eigenvalue weighted by molar-refractivity contribution is 0.0635. The van der Waals surface area contributed by atoms with Crippen molar-refractivity contribution in [1.82, 2.24) is 10.2 Å². The van der Waals surface area contributed by atoms with Gasteiger partial charge in [0.1, 0.15) is 5.60 Å². The third kappa shape index (κ3) is 4.73. The van der Waals surface area contributed by atoms with Crippen molar-refractivity contribution in [2.45, 2.75) is 33.3 Å². The van der Waals surface area contributed by atoms with Crippen molar-refractivity contribution >= 4 is 23.4 Å². The van der Waals surface area contributed by atoms with Gasteiger partial charge in [0.25, 0.3) is 0 Å². The van der Waals surface area contributed by atoms with Gasteiger partial charge in [-0.25, -0.2) is 4.79 Å². The maximum absolute atomic E-state index is 11.6. The van der Waals surface area contributed by atoms with Crippen LogP contribution in [-0.2, 0) is 4.74 Å². The summed E-state index contributed by atoms with van der Waals surface area (Å²) in [5, 5.41) is 13.7. The van der Waals surface area contributed by atoms with Crippen LogP contribution in [0.15, 0.2) is 36.4 Å². The van der Waals surface area contributed by atoms with E-state index in [4.69, 9.17) is 4.74 Å². The number of ether oxygens (including phenoxy) is 1. The first-order chi connectivity index (χ1) is 10.3. The number of rotatable bonds is 3. The Labute approximate surface area is 129 Å². The quantitative estimate of drug-likeness (QED) is 0.899. The molecule has 0 unspecified atom stereocenters. The highest BCUT2D eigenvalue weighted by Gasteiger charge is 2.16. The Morgan fingerprint density at radius 3 is 2.27 bits per heavy atom. The summed E-state index contributed by atoms with van der Waals surface area (Å²) in [5.41, 5.74) is 1.52. The van der Waals surface area contributed by atoms with Gasteiger partial charge in [0, 0.05) is 5.69 Å². The van der Waals surface area contributed by atoms with E-state index in [9.17, 15) is 4.79 Å². The standard InChI is InChI=1S/C16H20N4O2/c1-11-7-5-6-8-12(11)17-13-9-10-14(20-19-13)18-15(21)22-16(2,3)4/h5-10H,1-4H3,(H,17,19)(H,18,20,21). The number of benzene rings is 1. The van der Waals surface area contributed by atoms with Crippen LogP contribution >= 0.6 is 0 Å². The van der Waals surface area contributed by atoms with Gasteiger partial charge in [0.05, 0.1) is 0 Å². The maximum Gasteiger partial charge on any atom is 0.413 e. The fourth-order valence-electron chi connectivity index (χ4n) is 1.72. The van der Waals surface area contributed by atoms with E-state index in [0.717, 1.165) is 11.3 Å². The first-order valence-corrected chi connectivity index (χ1v) is 7.00. The highest BCUT2D eigenvalue weighted by atomic mass is 16.6. The Balaban J connectivity index is 1.99. The molecule has 22 heavy (non-hydrogen) atoms. The molecule has 0 saturated heterocycles. The van der Waals surface area contributed by atoms with Crippen LogP contribution in [0.3, 0.4) is 0 Å². The number of carbonyl (C=O) groups is 1. The minimum absolute atomic E-state index is 0.338. The van der Waals surface area contributed by atoms with Gasteiger partial charge in [-0.15, -0.1) is 10.2 Å². The molecule has 1 aromatic carbocycles. The summed E-state index contributed by atoms with van der Waals surface area (Å²) in [5.74, 6) is 0.939. The predicted molar refractivity (Wildman–Crippen MR) is 86.4 cm³/mol. The van der Waals surface area contributed by atoms with Gasteiger partial charge in [-0.05, 0) is 51.5 Å². The second kappa shape index (κ2) is 6.43. The lowest BCUT2D eigenvalue weighted by Crippen LogP contribution is -2.27. The predicted octanol–water partition coefficient (Wildman–Crippen LogP) is 3.88. The Morgan fingerprint density at radius 1 is 1.05 bits per heavy atom. The van der Waals surface area contributed by atoms with E-state index in [1.807, 2.05) is 31.2 Å². The van der Waals surface area contributed by atoms with E-state index in [0.29, 0.717) is 11.6 Å². The van der Waals surface area contributed by atoms with E-state index in [-0.39, 0.29) is 0 Å². The molecule has 0 aliphatic carbocycles. The van der Waals surface area contributed by atoms with Crippen molar-refractivity contribution in [3.63, 3.8) is 0 Å². The minimum Gasteiger partial charge on any atom is -0.444 e. The molecule has 6 heteroatoms. The maximum atomic E-state index is 11.6. The number of nitrogens with one attached hydrogen (secondary N) is 2. The smallest absolute Gasteiger partial charge is 0.413 e. The molecule has 1 amide bonds. The van der Waals surface area contributed by atoms with Crippen LogP contribution < -0.4 is 10.6 Å². The van der Waals surface area contributed by atoms with Crippen LogP contribution in [0.4, 0.5) is 22.1 Å². The van der Waals surface area contributed by atoms with Crippen LogP contribution in [0.1, 0.15) is 26.3 Å². The van der Waals surface area contributed by atoms with Crippen LogP contribution in [0.5, 0.6) is 0 Å². The Bertz CT molecular complexity index is 648. The SMILES string of the molecule is Cc1ccccc1Nc1ccc(NC(=O)OC(C)(C)C)nn1. The molecule has 2 rings (SSSR count). The number of anilines is 3. The number of amides is 1. The van der Waals surface area contributed by atoms with Gasteiger partial charge in [0.15, 0.2) is 11.6 Å². The summed E-state index contributed by atoms with van der Waals surface area (Å²) in [6, 6.07) is 11.3. The lowest BCUT2D eigenvalue weighted by Gasteiger charge is -2.19. The number of hydrogen-bond donors (Lipinski definition) is 2. The minimum atomic E-state index is -0.554. The van der Waals surface area contributed by atoms with Crippen LogP contribution in [0.25, 0.3) is 0 Å². The molecule has 1 aromatic heterocycles. The zero-order valence-corrected chi connectivity index (χ0v) is 13.2. The summed E-state index contributed by atoms with van der Waals surface area (Å²) >= 11 is 0. The molecule has 116 valence electrons. The topological polar surface area (TPSA) is 76.1 Å². The van der Waals surface area contributed by atoms with Crippen molar-refractivity contribution in [2.24, 2.45) is 0 Å². The van der Waals surface area contributed by atoms with Crippen molar-refractivity contribution in [2.75, 3.05) is 10.6 Å². The zero-order chi connectivity index (χ0) is 16.2. The van der Waals surface area contributed by atoms with Gasteiger partial charge < -0.3 is 10.1 Å². The first-order valence-electron chi connectivity index (χ1n) is 7.00. The van der Waals surface area contributed by atoms with E-state index < -0.39 is 11.7 Å². The third-order valence-corrected chi connectivity index (χ3v) is 2.70.